The number of carbonyl (C=O) groups excluding carboxylic acids is 2. The predicted octanol–water partition coefficient (Wildman–Crippen LogP) is 1.31. The van der Waals surface area contributed by atoms with Gasteiger partial charge < -0.3 is 9.57 Å². The molecule has 8 nitrogen and oxygen atoms in total. The van der Waals surface area contributed by atoms with Crippen molar-refractivity contribution >= 4 is 34.3 Å². The summed E-state index contributed by atoms with van der Waals surface area (Å²) >= 11 is 0.917. The highest BCUT2D eigenvalue weighted by Gasteiger charge is 2.21. The zero-order chi connectivity index (χ0) is 15.9. The van der Waals surface area contributed by atoms with Gasteiger partial charge >= 0.3 is 5.97 Å². The minimum Gasteiger partial charge on any atom is -0.464 e. The molecule has 1 aromatic heterocycles. The van der Waals surface area contributed by atoms with E-state index in [1.807, 2.05) is 6.07 Å². The second-order valence-electron chi connectivity index (χ2n) is 3.86. The first-order chi connectivity index (χ1) is 10.7. The summed E-state index contributed by atoms with van der Waals surface area (Å²) in [6.45, 7) is 0. The topological polar surface area (TPSA) is 103 Å². The van der Waals surface area contributed by atoms with Gasteiger partial charge in [-0.15, -0.1) is 0 Å². The van der Waals surface area contributed by atoms with Crippen molar-refractivity contribution in [2.45, 2.75) is 0 Å². The summed E-state index contributed by atoms with van der Waals surface area (Å²) in [6, 6.07) is 8.65. The third kappa shape index (κ3) is 3.64. The van der Waals surface area contributed by atoms with Crippen LogP contribution in [0.4, 0.5) is 5.13 Å². The number of carbonyl (C=O) groups is 2. The van der Waals surface area contributed by atoms with Crippen LogP contribution in [0.1, 0.15) is 16.2 Å². The smallest absolute Gasteiger partial charge is 0.364 e. The van der Waals surface area contributed by atoms with Crippen molar-refractivity contribution < 1.29 is 19.2 Å². The largest absolute Gasteiger partial charge is 0.464 e. The molecule has 0 unspecified atom stereocenters. The van der Waals surface area contributed by atoms with Gasteiger partial charge in [-0.25, -0.2) is 4.79 Å². The van der Waals surface area contributed by atoms with Gasteiger partial charge in [0.15, 0.2) is 0 Å². The van der Waals surface area contributed by atoms with Gasteiger partial charge in [0, 0.05) is 17.1 Å². The lowest BCUT2D eigenvalue weighted by Gasteiger charge is -2.00. The molecule has 0 fully saturated rings. The van der Waals surface area contributed by atoms with Crippen molar-refractivity contribution in [1.29, 1.82) is 0 Å². The monoisotopic (exact) mass is 320 g/mol. The molecule has 0 spiro atoms. The summed E-state index contributed by atoms with van der Waals surface area (Å²) in [5.41, 5.74) is 0.305. The van der Waals surface area contributed by atoms with E-state index in [0.29, 0.717) is 5.56 Å². The highest BCUT2D eigenvalue weighted by atomic mass is 32.1. The van der Waals surface area contributed by atoms with Crippen LogP contribution in [0.15, 0.2) is 35.5 Å². The molecule has 0 aliphatic heterocycles. The van der Waals surface area contributed by atoms with E-state index in [1.54, 1.807) is 24.3 Å². The Labute approximate surface area is 129 Å². The number of anilines is 1. The number of oxime groups is 1. The predicted molar refractivity (Wildman–Crippen MR) is 79.9 cm³/mol. The van der Waals surface area contributed by atoms with Crippen molar-refractivity contribution in [2.75, 3.05) is 19.5 Å². The number of aromatic nitrogens is 2. The van der Waals surface area contributed by atoms with Crippen LogP contribution in [0.5, 0.6) is 0 Å². The first kappa shape index (κ1) is 15.6. The lowest BCUT2D eigenvalue weighted by Crippen LogP contribution is -2.19. The highest BCUT2D eigenvalue weighted by Crippen LogP contribution is 2.14. The zero-order valence-electron chi connectivity index (χ0n) is 11.8. The number of rotatable bonds is 5. The number of ether oxygens (including phenoxy) is 1. The Morgan fingerprint density at radius 2 is 1.95 bits per heavy atom. The maximum atomic E-state index is 12.0. The number of nitrogens with one attached hydrogen (secondary N) is 1. The van der Waals surface area contributed by atoms with Gasteiger partial charge in [-0.3, -0.25) is 10.1 Å². The third-order valence-corrected chi connectivity index (χ3v) is 3.09. The second kappa shape index (κ2) is 7.27. The maximum absolute atomic E-state index is 12.0. The molecular weight excluding hydrogens is 308 g/mol. The molecule has 2 rings (SSSR count). The van der Waals surface area contributed by atoms with Gasteiger partial charge in [0.1, 0.15) is 7.11 Å². The molecule has 0 aliphatic carbocycles. The van der Waals surface area contributed by atoms with E-state index < -0.39 is 5.97 Å². The molecule has 114 valence electrons. The van der Waals surface area contributed by atoms with Crippen molar-refractivity contribution in [3.05, 3.63) is 41.7 Å². The Kier molecular flexibility index (Phi) is 5.15. The molecule has 2 aromatic rings. The summed E-state index contributed by atoms with van der Waals surface area (Å²) in [5, 5.41) is 6.35. The van der Waals surface area contributed by atoms with E-state index in [2.05, 4.69) is 29.4 Å². The zero-order valence-corrected chi connectivity index (χ0v) is 12.6. The molecule has 9 heteroatoms. The number of nitrogens with zero attached hydrogens (tertiary/aromatic N) is 3. The van der Waals surface area contributed by atoms with Crippen LogP contribution in [-0.2, 0) is 14.4 Å². The summed E-state index contributed by atoms with van der Waals surface area (Å²) < 4.78 is 8.52. The molecule has 0 saturated heterocycles. The minimum atomic E-state index is -0.736. The SMILES string of the molecule is CON=C(C(=O)OC)c1nsc(NC(=O)c2ccccc2)n1. The molecule has 22 heavy (non-hydrogen) atoms. The Morgan fingerprint density at radius 1 is 1.23 bits per heavy atom. The normalized spacial score (nSPS) is 10.9. The van der Waals surface area contributed by atoms with E-state index in [9.17, 15) is 9.59 Å². The van der Waals surface area contributed by atoms with Gasteiger partial charge in [-0.05, 0) is 12.1 Å². The number of hydrogen-bond donors (Lipinski definition) is 1. The number of hydrogen-bond acceptors (Lipinski definition) is 8. The fourth-order valence-corrected chi connectivity index (χ4v) is 2.05. The van der Waals surface area contributed by atoms with Crippen molar-refractivity contribution in [3.63, 3.8) is 0 Å². The standard InChI is InChI=1S/C13H12N4O4S/c1-20-12(19)9(16-21-2)10-14-13(22-17-10)15-11(18)8-6-4-3-5-7-8/h3-7H,1-2H3,(H,14,15,17,18). The van der Waals surface area contributed by atoms with Crippen LogP contribution in [0, 0.1) is 0 Å². The van der Waals surface area contributed by atoms with E-state index in [0.717, 1.165) is 11.5 Å². The maximum Gasteiger partial charge on any atom is 0.364 e. The van der Waals surface area contributed by atoms with E-state index in [1.165, 1.54) is 14.2 Å². The Hall–Kier alpha value is -2.81. The quantitative estimate of drug-likeness (QED) is 0.506. The number of methoxy groups -OCH3 is 1. The van der Waals surface area contributed by atoms with E-state index in [4.69, 9.17) is 0 Å². The lowest BCUT2D eigenvalue weighted by atomic mass is 10.2. The van der Waals surface area contributed by atoms with E-state index >= 15 is 0 Å². The lowest BCUT2D eigenvalue weighted by molar-refractivity contribution is -0.132. The van der Waals surface area contributed by atoms with Gasteiger partial charge in [0.25, 0.3) is 5.91 Å². The van der Waals surface area contributed by atoms with Crippen molar-refractivity contribution in [1.82, 2.24) is 9.36 Å². The fourth-order valence-electron chi connectivity index (χ4n) is 1.49. The molecule has 1 N–H and O–H groups in total. The summed E-state index contributed by atoms with van der Waals surface area (Å²) in [6.07, 6.45) is 0. The summed E-state index contributed by atoms with van der Waals surface area (Å²) in [5.74, 6) is -1.05. The Bertz CT molecular complexity index is 699. The minimum absolute atomic E-state index is 0.0158. The number of esters is 1. The van der Waals surface area contributed by atoms with Crippen LogP contribution in [-0.4, -0.2) is 41.2 Å². The molecule has 0 bridgehead atoms. The average molecular weight is 320 g/mol. The molecule has 0 radical (unpaired) electrons. The van der Waals surface area contributed by atoms with Crippen molar-refractivity contribution in [2.24, 2.45) is 5.16 Å². The van der Waals surface area contributed by atoms with Gasteiger partial charge in [0.2, 0.25) is 16.7 Å². The fraction of sp³-hybridized carbons (Fsp3) is 0.154. The first-order valence-corrected chi connectivity index (χ1v) is 6.83. The second-order valence-corrected chi connectivity index (χ2v) is 4.61. The van der Waals surface area contributed by atoms with Gasteiger partial charge in [-0.2, -0.15) is 9.36 Å². The van der Waals surface area contributed by atoms with Crippen LogP contribution >= 0.6 is 11.5 Å². The highest BCUT2D eigenvalue weighted by molar-refractivity contribution is 7.10. The van der Waals surface area contributed by atoms with Crippen LogP contribution in [0.3, 0.4) is 0 Å². The van der Waals surface area contributed by atoms with Gasteiger partial charge in [-0.1, -0.05) is 23.4 Å². The van der Waals surface area contributed by atoms with Crippen LogP contribution in [0.2, 0.25) is 0 Å². The van der Waals surface area contributed by atoms with E-state index in [-0.39, 0.29) is 22.6 Å². The summed E-state index contributed by atoms with van der Waals surface area (Å²) in [4.78, 5) is 32.1. The molecule has 1 heterocycles. The van der Waals surface area contributed by atoms with Crippen LogP contribution in [0.25, 0.3) is 0 Å². The number of amides is 1. The third-order valence-electron chi connectivity index (χ3n) is 2.46. The molecular formula is C13H12N4O4S. The Morgan fingerprint density at radius 3 is 2.59 bits per heavy atom. The molecule has 0 aliphatic rings. The van der Waals surface area contributed by atoms with Gasteiger partial charge in [0.05, 0.1) is 7.11 Å². The van der Waals surface area contributed by atoms with Crippen LogP contribution < -0.4 is 5.32 Å². The van der Waals surface area contributed by atoms with Crippen molar-refractivity contribution in [3.8, 4) is 0 Å². The number of benzene rings is 1. The summed E-state index contributed by atoms with van der Waals surface area (Å²) in [7, 11) is 2.49. The molecule has 1 aromatic carbocycles. The molecule has 0 saturated carbocycles. The first-order valence-electron chi connectivity index (χ1n) is 6.05. The average Bonchev–Trinajstić information content (AvgIpc) is 3.00. The molecule has 1 amide bonds. The Balaban J connectivity index is 2.16. The molecule has 0 atom stereocenters.